The number of hydrogen-bond donors (Lipinski definition) is 1. The normalized spacial score (nSPS) is 17.7. The van der Waals surface area contributed by atoms with Crippen molar-refractivity contribution in [3.63, 3.8) is 0 Å². The van der Waals surface area contributed by atoms with Crippen LogP contribution in [0.4, 0.5) is 0 Å². The lowest BCUT2D eigenvalue weighted by molar-refractivity contribution is -0.127. The van der Waals surface area contributed by atoms with Crippen molar-refractivity contribution in [1.82, 2.24) is 5.32 Å². The second kappa shape index (κ2) is 8.33. The summed E-state index contributed by atoms with van der Waals surface area (Å²) in [5.74, 6) is 0.427. The van der Waals surface area contributed by atoms with Gasteiger partial charge < -0.3 is 10.1 Å². The molecule has 1 aliphatic heterocycles. The summed E-state index contributed by atoms with van der Waals surface area (Å²) >= 11 is 2.39. The van der Waals surface area contributed by atoms with Crippen molar-refractivity contribution in [1.29, 1.82) is 0 Å². The van der Waals surface area contributed by atoms with Crippen LogP contribution in [-0.4, -0.2) is 30.1 Å². The van der Waals surface area contributed by atoms with Gasteiger partial charge in [-0.25, -0.2) is 0 Å². The minimum Gasteiger partial charge on any atom is -0.381 e. The first-order valence-electron chi connectivity index (χ1n) is 5.76. The average Bonchev–Trinajstić information content (AvgIpc) is 2.30. The SMILES string of the molecule is O=C(NCCCCCI)C1CCOCC1. The van der Waals surface area contributed by atoms with E-state index in [0.29, 0.717) is 0 Å². The molecule has 1 amide bonds. The number of hydrogen-bond acceptors (Lipinski definition) is 2. The quantitative estimate of drug-likeness (QED) is 0.462. The van der Waals surface area contributed by atoms with Crippen LogP contribution in [0.25, 0.3) is 0 Å². The molecule has 1 N–H and O–H groups in total. The molecule has 1 fully saturated rings. The second-order valence-electron chi connectivity index (χ2n) is 3.93. The van der Waals surface area contributed by atoms with Crippen molar-refractivity contribution < 1.29 is 9.53 Å². The number of alkyl halides is 1. The van der Waals surface area contributed by atoms with Gasteiger partial charge in [-0.05, 0) is 30.1 Å². The highest BCUT2D eigenvalue weighted by molar-refractivity contribution is 14.1. The Balaban J connectivity index is 2.02. The van der Waals surface area contributed by atoms with E-state index in [1.54, 1.807) is 0 Å². The molecule has 1 saturated heterocycles. The minimum atomic E-state index is 0.198. The predicted molar refractivity (Wildman–Crippen MR) is 69.3 cm³/mol. The largest absolute Gasteiger partial charge is 0.381 e. The highest BCUT2D eigenvalue weighted by atomic mass is 127. The van der Waals surface area contributed by atoms with Crippen LogP contribution in [0.2, 0.25) is 0 Å². The van der Waals surface area contributed by atoms with Gasteiger partial charge in [0.1, 0.15) is 0 Å². The number of ether oxygens (including phenoxy) is 1. The van der Waals surface area contributed by atoms with Crippen LogP contribution in [0.15, 0.2) is 0 Å². The molecule has 88 valence electrons. The smallest absolute Gasteiger partial charge is 0.223 e. The van der Waals surface area contributed by atoms with Crippen molar-refractivity contribution in [3.8, 4) is 0 Å². The zero-order valence-corrected chi connectivity index (χ0v) is 11.3. The van der Waals surface area contributed by atoms with E-state index in [0.717, 1.165) is 39.0 Å². The van der Waals surface area contributed by atoms with Crippen molar-refractivity contribution in [2.45, 2.75) is 32.1 Å². The maximum absolute atomic E-state index is 11.7. The molecule has 0 atom stereocenters. The van der Waals surface area contributed by atoms with E-state index >= 15 is 0 Å². The van der Waals surface area contributed by atoms with E-state index in [-0.39, 0.29) is 11.8 Å². The molecule has 0 bridgehead atoms. The summed E-state index contributed by atoms with van der Waals surface area (Å²) in [6.07, 6.45) is 5.36. The predicted octanol–water partition coefficient (Wildman–Crippen LogP) is 2.13. The highest BCUT2D eigenvalue weighted by Crippen LogP contribution is 2.14. The van der Waals surface area contributed by atoms with Gasteiger partial charge in [-0.15, -0.1) is 0 Å². The summed E-state index contributed by atoms with van der Waals surface area (Å²) in [6.45, 7) is 2.33. The van der Waals surface area contributed by atoms with Gasteiger partial charge in [-0.3, -0.25) is 4.79 Å². The molecule has 0 radical (unpaired) electrons. The number of carbonyl (C=O) groups is 1. The minimum absolute atomic E-state index is 0.198. The Morgan fingerprint density at radius 1 is 1.27 bits per heavy atom. The maximum Gasteiger partial charge on any atom is 0.223 e. The summed E-state index contributed by atoms with van der Waals surface area (Å²) in [5, 5.41) is 3.01. The molecule has 3 nitrogen and oxygen atoms in total. The topological polar surface area (TPSA) is 38.3 Å². The Bertz CT molecular complexity index is 181. The Labute approximate surface area is 105 Å². The Kier molecular flexibility index (Phi) is 7.34. The molecule has 4 heteroatoms. The van der Waals surface area contributed by atoms with E-state index in [9.17, 15) is 4.79 Å². The van der Waals surface area contributed by atoms with Gasteiger partial charge in [0.2, 0.25) is 5.91 Å². The highest BCUT2D eigenvalue weighted by Gasteiger charge is 2.20. The number of halogens is 1. The van der Waals surface area contributed by atoms with Gasteiger partial charge in [-0.2, -0.15) is 0 Å². The van der Waals surface area contributed by atoms with Gasteiger partial charge in [-0.1, -0.05) is 29.0 Å². The molecular weight excluding hydrogens is 305 g/mol. The zero-order valence-electron chi connectivity index (χ0n) is 9.14. The van der Waals surface area contributed by atoms with E-state index in [1.165, 1.54) is 17.3 Å². The molecule has 0 aromatic rings. The Hall–Kier alpha value is 0.160. The van der Waals surface area contributed by atoms with Crippen LogP contribution in [-0.2, 0) is 9.53 Å². The van der Waals surface area contributed by atoms with Crippen molar-refractivity contribution in [3.05, 3.63) is 0 Å². The summed E-state index contributed by atoms with van der Waals surface area (Å²) < 4.78 is 6.44. The molecule has 0 aromatic carbocycles. The molecule has 0 saturated carbocycles. The third kappa shape index (κ3) is 5.70. The van der Waals surface area contributed by atoms with Crippen LogP contribution in [0.3, 0.4) is 0 Å². The fourth-order valence-electron chi connectivity index (χ4n) is 1.71. The van der Waals surface area contributed by atoms with E-state index in [4.69, 9.17) is 4.74 Å². The molecule has 15 heavy (non-hydrogen) atoms. The number of amides is 1. The molecule has 1 heterocycles. The monoisotopic (exact) mass is 325 g/mol. The van der Waals surface area contributed by atoms with Crippen LogP contribution < -0.4 is 5.32 Å². The zero-order chi connectivity index (χ0) is 10.9. The first kappa shape index (κ1) is 13.2. The molecule has 0 aromatic heterocycles. The number of nitrogens with one attached hydrogen (secondary N) is 1. The van der Waals surface area contributed by atoms with Gasteiger partial charge in [0.25, 0.3) is 0 Å². The lowest BCUT2D eigenvalue weighted by Gasteiger charge is -2.21. The van der Waals surface area contributed by atoms with Gasteiger partial charge in [0.15, 0.2) is 0 Å². The van der Waals surface area contributed by atoms with Crippen LogP contribution >= 0.6 is 22.6 Å². The molecule has 0 spiro atoms. The van der Waals surface area contributed by atoms with E-state index < -0.39 is 0 Å². The van der Waals surface area contributed by atoms with Crippen LogP contribution in [0, 0.1) is 5.92 Å². The number of unbranched alkanes of at least 4 members (excludes halogenated alkanes) is 2. The third-order valence-electron chi connectivity index (χ3n) is 2.70. The van der Waals surface area contributed by atoms with Crippen molar-refractivity contribution in [2.24, 2.45) is 5.92 Å². The second-order valence-corrected chi connectivity index (χ2v) is 5.01. The summed E-state index contributed by atoms with van der Waals surface area (Å²) in [4.78, 5) is 11.7. The van der Waals surface area contributed by atoms with Crippen molar-refractivity contribution in [2.75, 3.05) is 24.2 Å². The van der Waals surface area contributed by atoms with E-state index in [2.05, 4.69) is 27.9 Å². The van der Waals surface area contributed by atoms with Crippen LogP contribution in [0.1, 0.15) is 32.1 Å². The summed E-state index contributed by atoms with van der Waals surface area (Å²) in [6, 6.07) is 0. The molecule has 1 aliphatic rings. The number of carbonyl (C=O) groups excluding carboxylic acids is 1. The fraction of sp³-hybridized carbons (Fsp3) is 0.909. The summed E-state index contributed by atoms with van der Waals surface area (Å²) in [7, 11) is 0. The lowest BCUT2D eigenvalue weighted by atomic mass is 9.99. The maximum atomic E-state index is 11.7. The Morgan fingerprint density at radius 2 is 2.00 bits per heavy atom. The van der Waals surface area contributed by atoms with Gasteiger partial charge in [0, 0.05) is 25.7 Å². The molecule has 0 aliphatic carbocycles. The lowest BCUT2D eigenvalue weighted by Crippen LogP contribution is -2.34. The number of rotatable bonds is 6. The van der Waals surface area contributed by atoms with Gasteiger partial charge >= 0.3 is 0 Å². The fourth-order valence-corrected chi connectivity index (χ4v) is 2.25. The molecule has 1 rings (SSSR count). The summed E-state index contributed by atoms with van der Waals surface area (Å²) in [5.41, 5.74) is 0. The van der Waals surface area contributed by atoms with Crippen LogP contribution in [0.5, 0.6) is 0 Å². The molecular formula is C11H20INO2. The standard InChI is InChI=1S/C11H20INO2/c12-6-2-1-3-7-13-11(14)10-4-8-15-9-5-10/h10H,1-9H2,(H,13,14). The first-order valence-corrected chi connectivity index (χ1v) is 7.28. The first-order chi connectivity index (χ1) is 7.34. The third-order valence-corrected chi connectivity index (χ3v) is 3.46. The van der Waals surface area contributed by atoms with Crippen molar-refractivity contribution >= 4 is 28.5 Å². The average molecular weight is 325 g/mol. The van der Waals surface area contributed by atoms with Gasteiger partial charge in [0.05, 0.1) is 0 Å². The Morgan fingerprint density at radius 3 is 2.67 bits per heavy atom. The molecule has 0 unspecified atom stereocenters. The van der Waals surface area contributed by atoms with E-state index in [1.807, 2.05) is 0 Å².